The summed E-state index contributed by atoms with van der Waals surface area (Å²) in [5.41, 5.74) is 2.95. The molecule has 0 unspecified atom stereocenters. The van der Waals surface area contributed by atoms with Crippen molar-refractivity contribution in [2.24, 2.45) is 5.92 Å². The summed E-state index contributed by atoms with van der Waals surface area (Å²) in [6.07, 6.45) is 4.95. The van der Waals surface area contributed by atoms with Gasteiger partial charge in [0.1, 0.15) is 0 Å². The molecule has 3 nitrogen and oxygen atoms in total. The number of anilines is 1. The van der Waals surface area contributed by atoms with Crippen LogP contribution in [0, 0.1) is 12.8 Å². The summed E-state index contributed by atoms with van der Waals surface area (Å²) in [5, 5.41) is 3.15. The Morgan fingerprint density at radius 3 is 2.63 bits per heavy atom. The third-order valence-electron chi connectivity index (χ3n) is 4.08. The second-order valence-corrected chi connectivity index (χ2v) is 5.93. The number of nitrogens with one attached hydrogen (secondary N) is 1. The number of nitrogens with zero attached hydrogens (tertiary/aromatic N) is 1. The Hall–Kier alpha value is -1.51. The Balaban J connectivity index is 1.84. The van der Waals surface area contributed by atoms with E-state index in [1.165, 1.54) is 31.2 Å². The van der Waals surface area contributed by atoms with Gasteiger partial charge in [-0.1, -0.05) is 6.07 Å². The van der Waals surface area contributed by atoms with E-state index in [1.807, 2.05) is 19.2 Å². The van der Waals surface area contributed by atoms with Crippen molar-refractivity contribution in [3.63, 3.8) is 0 Å². The number of carbonyl (C=O) groups is 1. The molecule has 1 aromatic rings. The van der Waals surface area contributed by atoms with E-state index in [1.54, 1.807) is 0 Å². The van der Waals surface area contributed by atoms with Crippen molar-refractivity contribution in [3.05, 3.63) is 29.3 Å². The minimum Gasteiger partial charge on any atom is -0.387 e. The predicted octanol–water partition coefficient (Wildman–Crippen LogP) is 3.05. The highest BCUT2D eigenvalue weighted by atomic mass is 16.2. The van der Waals surface area contributed by atoms with Gasteiger partial charge in [0.2, 0.25) is 0 Å². The van der Waals surface area contributed by atoms with Crippen LogP contribution in [0.25, 0.3) is 0 Å². The fraction of sp³-hybridized carbons (Fsp3) is 0.562. The number of aryl methyl sites for hydroxylation is 1. The maximum absolute atomic E-state index is 12.8. The molecule has 0 aliphatic heterocycles. The number of hydrogen-bond acceptors (Lipinski definition) is 2. The van der Waals surface area contributed by atoms with E-state index >= 15 is 0 Å². The van der Waals surface area contributed by atoms with E-state index in [9.17, 15) is 4.79 Å². The van der Waals surface area contributed by atoms with E-state index in [-0.39, 0.29) is 5.91 Å². The lowest BCUT2D eigenvalue weighted by Crippen LogP contribution is -2.35. The molecule has 1 amide bonds. The number of benzene rings is 1. The van der Waals surface area contributed by atoms with Gasteiger partial charge in [-0.2, -0.15) is 0 Å². The molecule has 102 valence electrons. The van der Waals surface area contributed by atoms with E-state index in [2.05, 4.69) is 23.2 Å². The Morgan fingerprint density at radius 1 is 1.32 bits per heavy atom. The molecule has 2 fully saturated rings. The number of rotatable bonds is 5. The smallest absolute Gasteiger partial charge is 0.256 e. The second kappa shape index (κ2) is 4.87. The van der Waals surface area contributed by atoms with E-state index < -0.39 is 0 Å². The molecule has 2 aliphatic rings. The summed E-state index contributed by atoms with van der Waals surface area (Å²) in [6.45, 7) is 3.01. The SMILES string of the molecule is CNc1cc(C)ccc1C(=O)N(CC1CC1)C1CC1. The first-order valence-electron chi connectivity index (χ1n) is 7.28. The van der Waals surface area contributed by atoms with Crippen molar-refractivity contribution in [2.45, 2.75) is 38.6 Å². The van der Waals surface area contributed by atoms with E-state index in [4.69, 9.17) is 0 Å². The minimum atomic E-state index is 0.207. The first-order chi connectivity index (χ1) is 9.19. The van der Waals surface area contributed by atoms with Crippen LogP contribution in [0.15, 0.2) is 18.2 Å². The molecule has 0 aromatic heterocycles. The van der Waals surface area contributed by atoms with Crippen molar-refractivity contribution in [2.75, 3.05) is 18.9 Å². The van der Waals surface area contributed by atoms with Crippen LogP contribution < -0.4 is 5.32 Å². The predicted molar refractivity (Wildman–Crippen MR) is 77.5 cm³/mol. The molecule has 2 saturated carbocycles. The molecule has 3 rings (SSSR count). The van der Waals surface area contributed by atoms with Crippen LogP contribution in [-0.2, 0) is 0 Å². The maximum Gasteiger partial charge on any atom is 0.256 e. The molecule has 0 radical (unpaired) electrons. The molecule has 1 N–H and O–H groups in total. The van der Waals surface area contributed by atoms with Crippen molar-refractivity contribution in [1.29, 1.82) is 0 Å². The molecule has 2 aliphatic carbocycles. The van der Waals surface area contributed by atoms with Gasteiger partial charge < -0.3 is 10.2 Å². The fourth-order valence-corrected chi connectivity index (χ4v) is 2.57. The standard InChI is InChI=1S/C16H22N2O/c1-11-3-8-14(15(9-11)17-2)16(19)18(13-6-7-13)10-12-4-5-12/h3,8-9,12-13,17H,4-7,10H2,1-2H3. The zero-order chi connectivity index (χ0) is 13.4. The summed E-state index contributed by atoms with van der Waals surface area (Å²) >= 11 is 0. The summed E-state index contributed by atoms with van der Waals surface area (Å²) in [6, 6.07) is 6.54. The Morgan fingerprint density at radius 2 is 2.05 bits per heavy atom. The molecule has 19 heavy (non-hydrogen) atoms. The first-order valence-corrected chi connectivity index (χ1v) is 7.28. The van der Waals surface area contributed by atoms with Crippen LogP contribution in [0.4, 0.5) is 5.69 Å². The molecule has 0 saturated heterocycles. The molecule has 0 bridgehead atoms. The van der Waals surface area contributed by atoms with Gasteiger partial charge in [0.05, 0.1) is 5.56 Å². The van der Waals surface area contributed by atoms with Gasteiger partial charge in [-0.25, -0.2) is 0 Å². The maximum atomic E-state index is 12.8. The van der Waals surface area contributed by atoms with Gasteiger partial charge in [0, 0.05) is 25.3 Å². The fourth-order valence-electron chi connectivity index (χ4n) is 2.57. The van der Waals surface area contributed by atoms with Crippen LogP contribution >= 0.6 is 0 Å². The highest BCUT2D eigenvalue weighted by Gasteiger charge is 2.37. The van der Waals surface area contributed by atoms with Crippen LogP contribution in [-0.4, -0.2) is 30.4 Å². The van der Waals surface area contributed by atoms with Gasteiger partial charge >= 0.3 is 0 Å². The number of hydrogen-bond donors (Lipinski definition) is 1. The molecular formula is C16H22N2O. The van der Waals surface area contributed by atoms with Gasteiger partial charge in [-0.3, -0.25) is 4.79 Å². The monoisotopic (exact) mass is 258 g/mol. The average molecular weight is 258 g/mol. The first kappa shape index (κ1) is 12.5. The zero-order valence-electron chi connectivity index (χ0n) is 11.8. The molecule has 0 heterocycles. The Bertz CT molecular complexity index is 490. The lowest BCUT2D eigenvalue weighted by Gasteiger charge is -2.23. The Labute approximate surface area is 115 Å². The minimum absolute atomic E-state index is 0.207. The lowest BCUT2D eigenvalue weighted by atomic mass is 10.1. The highest BCUT2D eigenvalue weighted by molar-refractivity contribution is 6.00. The normalized spacial score (nSPS) is 18.2. The van der Waals surface area contributed by atoms with Crippen molar-refractivity contribution in [1.82, 2.24) is 4.90 Å². The molecule has 1 aromatic carbocycles. The average Bonchev–Trinajstić information content (AvgIpc) is 3.27. The largest absolute Gasteiger partial charge is 0.387 e. The summed E-state index contributed by atoms with van der Waals surface area (Å²) in [7, 11) is 1.88. The van der Waals surface area contributed by atoms with Gasteiger partial charge in [-0.05, 0) is 56.2 Å². The third-order valence-corrected chi connectivity index (χ3v) is 4.08. The van der Waals surface area contributed by atoms with Gasteiger partial charge in [0.25, 0.3) is 5.91 Å². The highest BCUT2D eigenvalue weighted by Crippen LogP contribution is 2.36. The van der Waals surface area contributed by atoms with Crippen LogP contribution in [0.2, 0.25) is 0 Å². The molecule has 0 atom stereocenters. The third kappa shape index (κ3) is 2.75. The molecular weight excluding hydrogens is 236 g/mol. The topological polar surface area (TPSA) is 32.3 Å². The number of carbonyl (C=O) groups excluding carboxylic acids is 1. The van der Waals surface area contributed by atoms with Crippen LogP contribution in [0.3, 0.4) is 0 Å². The van der Waals surface area contributed by atoms with Crippen molar-refractivity contribution in [3.8, 4) is 0 Å². The summed E-state index contributed by atoms with van der Waals surface area (Å²) in [5.74, 6) is 0.965. The molecule has 0 spiro atoms. The number of amides is 1. The quantitative estimate of drug-likeness (QED) is 0.880. The summed E-state index contributed by atoms with van der Waals surface area (Å²) in [4.78, 5) is 14.9. The van der Waals surface area contributed by atoms with Crippen LogP contribution in [0.5, 0.6) is 0 Å². The lowest BCUT2D eigenvalue weighted by molar-refractivity contribution is 0.0736. The summed E-state index contributed by atoms with van der Waals surface area (Å²) < 4.78 is 0. The van der Waals surface area contributed by atoms with Crippen molar-refractivity contribution >= 4 is 11.6 Å². The zero-order valence-corrected chi connectivity index (χ0v) is 11.8. The van der Waals surface area contributed by atoms with Crippen molar-refractivity contribution < 1.29 is 4.79 Å². The van der Waals surface area contributed by atoms with Gasteiger partial charge in [-0.15, -0.1) is 0 Å². The second-order valence-electron chi connectivity index (χ2n) is 5.93. The van der Waals surface area contributed by atoms with E-state index in [0.717, 1.165) is 23.7 Å². The Kier molecular flexibility index (Phi) is 3.21. The van der Waals surface area contributed by atoms with Crippen LogP contribution in [0.1, 0.15) is 41.6 Å². The van der Waals surface area contributed by atoms with E-state index in [0.29, 0.717) is 6.04 Å². The molecule has 3 heteroatoms. The van der Waals surface area contributed by atoms with Gasteiger partial charge in [0.15, 0.2) is 0 Å².